The Kier molecular flexibility index (Phi) is 5.45. The molecule has 29 heavy (non-hydrogen) atoms. The minimum absolute atomic E-state index is 0.227. The number of aliphatic hydroxyl groups excluding tert-OH is 1. The first-order valence-corrected chi connectivity index (χ1v) is 10.0. The normalized spacial score (nSPS) is 22.0. The van der Waals surface area contributed by atoms with E-state index in [2.05, 4.69) is 9.97 Å². The predicted octanol–water partition coefficient (Wildman–Crippen LogP) is 3.29. The van der Waals surface area contributed by atoms with Crippen molar-refractivity contribution < 1.29 is 15.0 Å². The summed E-state index contributed by atoms with van der Waals surface area (Å²) < 4.78 is 0. The molecule has 4 rings (SSSR count). The summed E-state index contributed by atoms with van der Waals surface area (Å²) in [7, 11) is 0. The number of nitrogens with zero attached hydrogens (tertiary/aromatic N) is 3. The second kappa shape index (κ2) is 8.17. The van der Waals surface area contributed by atoms with E-state index in [1.54, 1.807) is 6.20 Å². The van der Waals surface area contributed by atoms with Gasteiger partial charge in [0.1, 0.15) is 11.2 Å². The summed E-state index contributed by atoms with van der Waals surface area (Å²) in [6.07, 6.45) is 3.11. The lowest BCUT2D eigenvalue weighted by molar-refractivity contribution is -0.158. The summed E-state index contributed by atoms with van der Waals surface area (Å²) >= 11 is 0. The first kappa shape index (κ1) is 19.3. The van der Waals surface area contributed by atoms with Crippen LogP contribution in [0.1, 0.15) is 24.8 Å². The first-order chi connectivity index (χ1) is 14.1. The minimum Gasteiger partial charge on any atom is -0.481 e. The van der Waals surface area contributed by atoms with Gasteiger partial charge in [-0.2, -0.15) is 0 Å². The number of hydrogen-bond acceptors (Lipinski definition) is 5. The molecule has 2 heterocycles. The Bertz CT molecular complexity index is 995. The van der Waals surface area contributed by atoms with Crippen LogP contribution < -0.4 is 4.90 Å². The maximum Gasteiger partial charge on any atom is 0.314 e. The Morgan fingerprint density at radius 2 is 1.83 bits per heavy atom. The number of aromatic nitrogens is 2. The van der Waals surface area contributed by atoms with Crippen LogP contribution in [0.15, 0.2) is 60.8 Å². The largest absolute Gasteiger partial charge is 0.481 e. The molecule has 1 saturated heterocycles. The molecule has 0 spiro atoms. The Morgan fingerprint density at radius 1 is 1.10 bits per heavy atom. The number of carbonyl (C=O) groups is 1. The number of anilines is 1. The molecule has 0 unspecified atom stereocenters. The Morgan fingerprint density at radius 3 is 2.59 bits per heavy atom. The molecule has 1 fully saturated rings. The van der Waals surface area contributed by atoms with E-state index in [1.807, 2.05) is 59.5 Å². The van der Waals surface area contributed by atoms with Crippen LogP contribution in [0.5, 0.6) is 0 Å². The van der Waals surface area contributed by atoms with Crippen molar-refractivity contribution in [3.8, 4) is 0 Å². The van der Waals surface area contributed by atoms with Crippen LogP contribution in [0.4, 0.5) is 5.82 Å². The van der Waals surface area contributed by atoms with Crippen molar-refractivity contribution in [2.45, 2.75) is 31.8 Å². The van der Waals surface area contributed by atoms with Crippen molar-refractivity contribution in [3.05, 3.63) is 66.4 Å². The molecule has 6 nitrogen and oxygen atoms in total. The van der Waals surface area contributed by atoms with E-state index in [-0.39, 0.29) is 6.54 Å². The van der Waals surface area contributed by atoms with E-state index < -0.39 is 17.5 Å². The molecular formula is C23H25N3O3. The van der Waals surface area contributed by atoms with E-state index in [9.17, 15) is 15.0 Å². The number of aliphatic hydroxyl groups is 1. The highest BCUT2D eigenvalue weighted by Crippen LogP contribution is 2.37. The molecule has 1 aromatic heterocycles. The molecule has 1 aliphatic heterocycles. The summed E-state index contributed by atoms with van der Waals surface area (Å²) in [5.74, 6) is -0.291. The summed E-state index contributed by atoms with van der Waals surface area (Å²) in [6.45, 7) is 0.785. The van der Waals surface area contributed by atoms with Crippen molar-refractivity contribution in [3.63, 3.8) is 0 Å². The molecule has 2 aromatic carbocycles. The zero-order valence-electron chi connectivity index (χ0n) is 16.2. The summed E-state index contributed by atoms with van der Waals surface area (Å²) in [6, 6.07) is 17.6. The van der Waals surface area contributed by atoms with E-state index >= 15 is 0 Å². The van der Waals surface area contributed by atoms with Crippen LogP contribution >= 0.6 is 0 Å². The maximum atomic E-state index is 12.3. The summed E-state index contributed by atoms with van der Waals surface area (Å²) in [5.41, 5.74) is 1.55. The quantitative estimate of drug-likeness (QED) is 0.671. The number of piperidine rings is 1. The molecule has 0 radical (unpaired) electrons. The number of hydrogen-bond donors (Lipinski definition) is 2. The molecule has 3 aromatic rings. The van der Waals surface area contributed by atoms with Crippen molar-refractivity contribution in [2.75, 3.05) is 18.0 Å². The zero-order chi connectivity index (χ0) is 20.3. The first-order valence-electron chi connectivity index (χ1n) is 10.0. The van der Waals surface area contributed by atoms with Gasteiger partial charge in [-0.1, -0.05) is 42.5 Å². The average molecular weight is 391 g/mol. The molecule has 0 aliphatic carbocycles. The highest BCUT2D eigenvalue weighted by atomic mass is 16.4. The van der Waals surface area contributed by atoms with Gasteiger partial charge in [-0.25, -0.2) is 4.98 Å². The number of carboxylic acids is 1. The third-order valence-corrected chi connectivity index (χ3v) is 5.90. The number of fused-ring (bicyclic) bond motifs is 1. The van der Waals surface area contributed by atoms with Gasteiger partial charge in [0.25, 0.3) is 0 Å². The molecule has 150 valence electrons. The predicted molar refractivity (Wildman–Crippen MR) is 112 cm³/mol. The molecule has 0 bridgehead atoms. The van der Waals surface area contributed by atoms with Crippen molar-refractivity contribution >= 4 is 22.8 Å². The SMILES string of the molecule is O=C(O)[C@]1(CCCc2ccccc2)CN(c2cnc3ccccc3n2)CC[C@@H]1O. The van der Waals surface area contributed by atoms with Crippen LogP contribution in [-0.2, 0) is 11.2 Å². The fraction of sp³-hybridized carbons (Fsp3) is 0.348. The van der Waals surface area contributed by atoms with Crippen LogP contribution in [0, 0.1) is 5.41 Å². The number of aliphatic carboxylic acids is 1. The standard InChI is InChI=1S/C23H25N3O3/c27-20-12-14-26(21-15-24-18-10-4-5-11-19(18)25-21)16-23(20,22(28)29)13-6-9-17-7-2-1-3-8-17/h1-5,7-8,10-11,15,20,27H,6,9,12-14,16H2,(H,28,29)/t20-,23+/m0/s1. The van der Waals surface area contributed by atoms with E-state index in [0.717, 1.165) is 17.5 Å². The molecule has 0 saturated carbocycles. The fourth-order valence-corrected chi connectivity index (χ4v) is 4.19. The third-order valence-electron chi connectivity index (χ3n) is 5.90. The minimum atomic E-state index is -1.21. The molecule has 2 atom stereocenters. The van der Waals surface area contributed by atoms with Gasteiger partial charge in [0, 0.05) is 13.1 Å². The topological polar surface area (TPSA) is 86.5 Å². The Labute approximate surface area is 169 Å². The van der Waals surface area contributed by atoms with Gasteiger partial charge in [0.2, 0.25) is 0 Å². The van der Waals surface area contributed by atoms with Gasteiger partial charge >= 0.3 is 5.97 Å². The van der Waals surface area contributed by atoms with Crippen LogP contribution in [-0.4, -0.2) is 45.3 Å². The lowest BCUT2D eigenvalue weighted by Gasteiger charge is -2.43. The number of para-hydroxylation sites is 2. The van der Waals surface area contributed by atoms with Crippen LogP contribution in [0.3, 0.4) is 0 Å². The fourth-order valence-electron chi connectivity index (χ4n) is 4.19. The van der Waals surface area contributed by atoms with Crippen LogP contribution in [0.2, 0.25) is 0 Å². The smallest absolute Gasteiger partial charge is 0.314 e. The summed E-state index contributed by atoms with van der Waals surface area (Å²) in [4.78, 5) is 23.4. The Hall–Kier alpha value is -2.99. The number of benzene rings is 2. The number of carboxylic acid groups (broad SMARTS) is 1. The van der Waals surface area contributed by atoms with Gasteiger partial charge < -0.3 is 15.1 Å². The molecule has 0 amide bonds. The second-order valence-electron chi connectivity index (χ2n) is 7.74. The Balaban J connectivity index is 1.54. The van der Waals surface area contributed by atoms with Gasteiger partial charge in [0.05, 0.1) is 23.3 Å². The van der Waals surface area contributed by atoms with Gasteiger partial charge in [-0.15, -0.1) is 0 Å². The lowest BCUT2D eigenvalue weighted by atomic mass is 9.73. The van der Waals surface area contributed by atoms with Gasteiger partial charge in [-0.05, 0) is 43.4 Å². The van der Waals surface area contributed by atoms with E-state index in [1.165, 1.54) is 5.56 Å². The van der Waals surface area contributed by atoms with Crippen molar-refractivity contribution in [1.29, 1.82) is 0 Å². The van der Waals surface area contributed by atoms with Crippen molar-refractivity contribution in [1.82, 2.24) is 9.97 Å². The van der Waals surface area contributed by atoms with Gasteiger partial charge in [-0.3, -0.25) is 9.78 Å². The van der Waals surface area contributed by atoms with E-state index in [0.29, 0.717) is 31.6 Å². The molecule has 6 heteroatoms. The maximum absolute atomic E-state index is 12.3. The highest BCUT2D eigenvalue weighted by molar-refractivity contribution is 5.78. The highest BCUT2D eigenvalue weighted by Gasteiger charge is 2.49. The average Bonchev–Trinajstić information content (AvgIpc) is 2.75. The van der Waals surface area contributed by atoms with Crippen molar-refractivity contribution in [2.24, 2.45) is 5.41 Å². The van der Waals surface area contributed by atoms with Gasteiger partial charge in [0.15, 0.2) is 0 Å². The molecular weight excluding hydrogens is 366 g/mol. The zero-order valence-corrected chi connectivity index (χ0v) is 16.2. The molecule has 2 N–H and O–H groups in total. The van der Waals surface area contributed by atoms with E-state index in [4.69, 9.17) is 0 Å². The monoisotopic (exact) mass is 391 g/mol. The number of rotatable bonds is 6. The molecule has 1 aliphatic rings. The van der Waals surface area contributed by atoms with Crippen LogP contribution in [0.25, 0.3) is 11.0 Å². The second-order valence-corrected chi connectivity index (χ2v) is 7.74. The summed E-state index contributed by atoms with van der Waals surface area (Å²) in [5, 5.41) is 20.8. The lowest BCUT2D eigenvalue weighted by Crippen LogP contribution is -2.56. The third kappa shape index (κ3) is 3.93. The number of aryl methyl sites for hydroxylation is 1.